The van der Waals surface area contributed by atoms with Gasteiger partial charge in [-0.2, -0.15) is 5.48 Å². The highest BCUT2D eigenvalue weighted by molar-refractivity contribution is 5.70. The van der Waals surface area contributed by atoms with E-state index < -0.39 is 5.97 Å². The van der Waals surface area contributed by atoms with Gasteiger partial charge < -0.3 is 20.0 Å². The molecular formula is C18H22N2O4. The average Bonchev–Trinajstić information content (AvgIpc) is 2.52. The maximum atomic E-state index is 11.3. The fraction of sp³-hybridized carbons (Fsp3) is 0.278. The zero-order chi connectivity index (χ0) is 17.5. The fourth-order valence-corrected chi connectivity index (χ4v) is 2.02. The molecule has 2 aromatic carbocycles. The van der Waals surface area contributed by atoms with Crippen molar-refractivity contribution in [2.75, 3.05) is 13.1 Å². The van der Waals surface area contributed by atoms with Crippen LogP contribution in [0.25, 0.3) is 0 Å². The van der Waals surface area contributed by atoms with Gasteiger partial charge in [0.25, 0.3) is 0 Å². The summed E-state index contributed by atoms with van der Waals surface area (Å²) in [7, 11) is 0. The number of benzene rings is 2. The molecule has 0 saturated heterocycles. The van der Waals surface area contributed by atoms with Crippen LogP contribution in [0, 0.1) is 13.8 Å². The summed E-state index contributed by atoms with van der Waals surface area (Å²) < 4.78 is 11.1. The molecule has 6 heteroatoms. The van der Waals surface area contributed by atoms with Crippen LogP contribution < -0.4 is 25.5 Å². The van der Waals surface area contributed by atoms with Crippen LogP contribution in [0.3, 0.4) is 0 Å². The highest BCUT2D eigenvalue weighted by Gasteiger charge is 2.13. The Morgan fingerprint density at radius 1 is 1.00 bits per heavy atom. The van der Waals surface area contributed by atoms with Crippen molar-refractivity contribution in [3.63, 3.8) is 0 Å². The van der Waals surface area contributed by atoms with Crippen molar-refractivity contribution in [2.24, 2.45) is 5.73 Å². The molecule has 0 fully saturated rings. The Bertz CT molecular complexity index is 716. The SMILES string of the molecule is CC(=O)Oc1ccc(C)cc1Oc1ccc(C)cc1ONCCN. The first-order valence-corrected chi connectivity index (χ1v) is 7.67. The number of hydroxylamine groups is 1. The summed E-state index contributed by atoms with van der Waals surface area (Å²) in [6.45, 7) is 6.20. The number of ether oxygens (including phenoxy) is 2. The number of hydrogen-bond donors (Lipinski definition) is 2. The monoisotopic (exact) mass is 330 g/mol. The van der Waals surface area contributed by atoms with Gasteiger partial charge in [-0.15, -0.1) is 0 Å². The molecule has 2 aromatic rings. The largest absolute Gasteiger partial charge is 0.449 e. The lowest BCUT2D eigenvalue weighted by atomic mass is 10.2. The second kappa shape index (κ2) is 8.33. The van der Waals surface area contributed by atoms with Crippen molar-refractivity contribution in [3.8, 4) is 23.0 Å². The Morgan fingerprint density at radius 2 is 1.62 bits per heavy atom. The van der Waals surface area contributed by atoms with Crippen LogP contribution in [0.5, 0.6) is 23.0 Å². The van der Waals surface area contributed by atoms with E-state index in [1.807, 2.05) is 32.0 Å². The summed E-state index contributed by atoms with van der Waals surface area (Å²) in [6, 6.07) is 10.9. The first-order chi connectivity index (χ1) is 11.5. The quantitative estimate of drug-likeness (QED) is 0.351. The Kier molecular flexibility index (Phi) is 6.17. The van der Waals surface area contributed by atoms with Crippen molar-refractivity contribution in [3.05, 3.63) is 47.5 Å². The third-order valence-corrected chi connectivity index (χ3v) is 3.10. The third-order valence-electron chi connectivity index (χ3n) is 3.10. The molecule has 128 valence electrons. The summed E-state index contributed by atoms with van der Waals surface area (Å²) in [5, 5.41) is 0. The van der Waals surface area contributed by atoms with Crippen molar-refractivity contribution in [1.29, 1.82) is 0 Å². The Morgan fingerprint density at radius 3 is 2.25 bits per heavy atom. The molecule has 0 saturated carbocycles. The van der Waals surface area contributed by atoms with Crippen LogP contribution >= 0.6 is 0 Å². The topological polar surface area (TPSA) is 82.8 Å². The van der Waals surface area contributed by atoms with Gasteiger partial charge >= 0.3 is 5.97 Å². The van der Waals surface area contributed by atoms with Gasteiger partial charge in [0.2, 0.25) is 0 Å². The normalized spacial score (nSPS) is 10.3. The van der Waals surface area contributed by atoms with E-state index in [0.29, 0.717) is 36.1 Å². The van der Waals surface area contributed by atoms with E-state index in [2.05, 4.69) is 5.48 Å². The molecule has 0 amide bonds. The van der Waals surface area contributed by atoms with Crippen LogP contribution in [0.4, 0.5) is 0 Å². The van der Waals surface area contributed by atoms with Crippen LogP contribution in [-0.4, -0.2) is 19.1 Å². The van der Waals surface area contributed by atoms with Crippen LogP contribution in [0.2, 0.25) is 0 Å². The second-order valence-electron chi connectivity index (χ2n) is 5.38. The molecule has 0 aromatic heterocycles. The molecule has 0 aliphatic heterocycles. The minimum atomic E-state index is -0.409. The predicted molar refractivity (Wildman–Crippen MR) is 91.4 cm³/mol. The lowest BCUT2D eigenvalue weighted by Gasteiger charge is -2.15. The molecule has 6 nitrogen and oxygen atoms in total. The van der Waals surface area contributed by atoms with Crippen LogP contribution in [-0.2, 0) is 4.79 Å². The highest BCUT2D eigenvalue weighted by Crippen LogP contribution is 2.37. The molecular weight excluding hydrogens is 308 g/mol. The number of carbonyl (C=O) groups excluding carboxylic acids is 1. The summed E-state index contributed by atoms with van der Waals surface area (Å²) in [5.41, 5.74) is 10.2. The van der Waals surface area contributed by atoms with E-state index in [9.17, 15) is 4.79 Å². The van der Waals surface area contributed by atoms with Gasteiger partial charge in [0.15, 0.2) is 23.0 Å². The van der Waals surface area contributed by atoms with Gasteiger partial charge in [0.05, 0.1) is 0 Å². The molecule has 2 rings (SSSR count). The standard InChI is InChI=1S/C18H22N2O4/c1-12-4-6-15(22-14(3)21)17(10-12)23-16-7-5-13(2)11-18(16)24-20-9-8-19/h4-7,10-11,20H,8-9,19H2,1-3H3. The molecule has 24 heavy (non-hydrogen) atoms. The van der Waals surface area contributed by atoms with Gasteiger partial charge in [-0.05, 0) is 49.2 Å². The van der Waals surface area contributed by atoms with Crippen molar-refractivity contribution in [2.45, 2.75) is 20.8 Å². The maximum Gasteiger partial charge on any atom is 0.308 e. The smallest absolute Gasteiger partial charge is 0.308 e. The van der Waals surface area contributed by atoms with E-state index >= 15 is 0 Å². The fourth-order valence-electron chi connectivity index (χ4n) is 2.02. The number of carbonyl (C=O) groups is 1. The Labute approximate surface area is 141 Å². The first kappa shape index (κ1) is 17.8. The molecule has 0 aliphatic rings. The number of nitrogens with one attached hydrogen (secondary N) is 1. The number of esters is 1. The summed E-state index contributed by atoms with van der Waals surface area (Å²) in [5.74, 6) is 1.42. The van der Waals surface area contributed by atoms with Crippen LogP contribution in [0.1, 0.15) is 18.1 Å². The molecule has 0 aliphatic carbocycles. The first-order valence-electron chi connectivity index (χ1n) is 7.67. The van der Waals surface area contributed by atoms with Gasteiger partial charge in [0.1, 0.15) is 0 Å². The lowest BCUT2D eigenvalue weighted by Crippen LogP contribution is -2.25. The summed E-state index contributed by atoms with van der Waals surface area (Å²) in [4.78, 5) is 16.8. The van der Waals surface area contributed by atoms with Crippen LogP contribution in [0.15, 0.2) is 36.4 Å². The molecule has 0 spiro atoms. The zero-order valence-electron chi connectivity index (χ0n) is 14.1. The van der Waals surface area contributed by atoms with Crippen molar-refractivity contribution in [1.82, 2.24) is 5.48 Å². The minimum Gasteiger partial charge on any atom is -0.449 e. The summed E-state index contributed by atoms with van der Waals surface area (Å²) >= 11 is 0. The van der Waals surface area contributed by atoms with E-state index in [0.717, 1.165) is 11.1 Å². The number of nitrogens with two attached hydrogens (primary N) is 1. The molecule has 0 unspecified atom stereocenters. The van der Waals surface area contributed by atoms with E-state index in [-0.39, 0.29) is 0 Å². The van der Waals surface area contributed by atoms with E-state index in [1.165, 1.54) is 6.92 Å². The van der Waals surface area contributed by atoms with Crippen molar-refractivity contribution < 1.29 is 19.1 Å². The molecule has 3 N–H and O–H groups in total. The predicted octanol–water partition coefficient (Wildman–Crippen LogP) is 2.86. The molecule has 0 atom stereocenters. The maximum absolute atomic E-state index is 11.3. The molecule has 0 bridgehead atoms. The average molecular weight is 330 g/mol. The molecule has 0 heterocycles. The Balaban J connectivity index is 2.30. The highest BCUT2D eigenvalue weighted by atomic mass is 16.7. The Hall–Kier alpha value is -2.57. The minimum absolute atomic E-state index is 0.356. The van der Waals surface area contributed by atoms with Gasteiger partial charge in [-0.3, -0.25) is 4.79 Å². The third kappa shape index (κ3) is 4.97. The number of rotatable bonds is 7. The zero-order valence-corrected chi connectivity index (χ0v) is 14.1. The van der Waals surface area contributed by atoms with Gasteiger partial charge in [-0.25, -0.2) is 0 Å². The lowest BCUT2D eigenvalue weighted by molar-refractivity contribution is -0.131. The van der Waals surface area contributed by atoms with Gasteiger partial charge in [-0.1, -0.05) is 12.1 Å². The van der Waals surface area contributed by atoms with E-state index in [4.69, 9.17) is 20.0 Å². The molecule has 0 radical (unpaired) electrons. The number of aryl methyl sites for hydroxylation is 2. The number of hydrogen-bond acceptors (Lipinski definition) is 6. The summed E-state index contributed by atoms with van der Waals surface area (Å²) in [6.07, 6.45) is 0. The van der Waals surface area contributed by atoms with Crippen molar-refractivity contribution >= 4 is 5.97 Å². The van der Waals surface area contributed by atoms with Gasteiger partial charge in [0, 0.05) is 20.0 Å². The second-order valence-corrected chi connectivity index (χ2v) is 5.38. The van der Waals surface area contributed by atoms with E-state index in [1.54, 1.807) is 18.2 Å².